The average Bonchev–Trinajstić information content (AvgIpc) is 3.09. The van der Waals surface area contributed by atoms with Crippen LogP contribution in [-0.2, 0) is 10.6 Å². The molecule has 0 saturated carbocycles. The molecule has 2 atom stereocenters. The molecule has 0 bridgehead atoms. The molecule has 112 valence electrons. The number of hydrogen-bond donors (Lipinski definition) is 0. The van der Waals surface area contributed by atoms with Gasteiger partial charge in [-0.3, -0.25) is 4.68 Å². The van der Waals surface area contributed by atoms with E-state index in [1.807, 2.05) is 46.4 Å². The second kappa shape index (κ2) is 6.41. The van der Waals surface area contributed by atoms with Crippen molar-refractivity contribution < 1.29 is 0 Å². The molecule has 1 aliphatic heterocycles. The summed E-state index contributed by atoms with van der Waals surface area (Å²) in [5.41, 5.74) is 1.12. The van der Waals surface area contributed by atoms with E-state index in [1.54, 1.807) is 12.7 Å². The van der Waals surface area contributed by atoms with E-state index in [0.29, 0.717) is 10.3 Å². The lowest BCUT2D eigenvalue weighted by Gasteiger charge is -2.29. The van der Waals surface area contributed by atoms with Crippen LogP contribution < -0.4 is 0 Å². The number of hydrogen-bond acceptors (Lipinski definition) is 4. The quantitative estimate of drug-likeness (QED) is 0.791. The number of rotatable bonds is 4. The van der Waals surface area contributed by atoms with Gasteiger partial charge in [0.05, 0.1) is 6.54 Å². The van der Waals surface area contributed by atoms with Crippen molar-refractivity contribution in [3.05, 3.63) is 46.5 Å². The molecule has 2 heterocycles. The Bertz CT molecular complexity index is 621. The van der Waals surface area contributed by atoms with Gasteiger partial charge in [-0.2, -0.15) is 5.10 Å². The molecule has 0 amide bonds. The van der Waals surface area contributed by atoms with Crippen LogP contribution in [0.2, 0.25) is 10.0 Å². The van der Waals surface area contributed by atoms with Crippen molar-refractivity contribution in [3.8, 4) is 0 Å². The van der Waals surface area contributed by atoms with Gasteiger partial charge in [-0.25, -0.2) is 4.98 Å². The highest BCUT2D eigenvalue weighted by molar-refractivity contribution is 8.21. The molecule has 1 aliphatic rings. The predicted octanol–water partition coefficient (Wildman–Crippen LogP) is 4.70. The smallest absolute Gasteiger partial charge is 0.137 e. The number of thioether (sulfide) groups is 2. The summed E-state index contributed by atoms with van der Waals surface area (Å²) < 4.78 is 1.75. The third kappa shape index (κ3) is 3.21. The maximum atomic E-state index is 6.47. The van der Waals surface area contributed by atoms with Gasteiger partial charge in [-0.05, 0) is 24.1 Å². The monoisotopic (exact) mass is 359 g/mol. The minimum absolute atomic E-state index is 0.129. The van der Waals surface area contributed by atoms with Crippen LogP contribution in [0.15, 0.2) is 30.9 Å². The highest BCUT2D eigenvalue weighted by Crippen LogP contribution is 2.58. The second-order valence-corrected chi connectivity index (χ2v) is 8.95. The van der Waals surface area contributed by atoms with E-state index in [-0.39, 0.29) is 4.08 Å². The van der Waals surface area contributed by atoms with E-state index in [2.05, 4.69) is 17.0 Å². The van der Waals surface area contributed by atoms with E-state index in [9.17, 15) is 0 Å². The average molecular weight is 360 g/mol. The maximum Gasteiger partial charge on any atom is 0.137 e. The summed E-state index contributed by atoms with van der Waals surface area (Å²) in [5.74, 6) is 1.12. The molecule has 0 spiro atoms. The first-order valence-corrected chi connectivity index (χ1v) is 9.35. The van der Waals surface area contributed by atoms with Crippen molar-refractivity contribution in [1.82, 2.24) is 14.8 Å². The van der Waals surface area contributed by atoms with Crippen LogP contribution in [0.5, 0.6) is 0 Å². The van der Waals surface area contributed by atoms with Gasteiger partial charge >= 0.3 is 0 Å². The first kappa shape index (κ1) is 15.5. The van der Waals surface area contributed by atoms with Crippen molar-refractivity contribution in [3.63, 3.8) is 0 Å². The fraction of sp³-hybridized carbons (Fsp3) is 0.429. The highest BCUT2D eigenvalue weighted by Gasteiger charge is 2.43. The van der Waals surface area contributed by atoms with E-state index in [0.717, 1.165) is 29.3 Å². The Morgan fingerprint density at radius 2 is 2.29 bits per heavy atom. The van der Waals surface area contributed by atoms with Crippen molar-refractivity contribution in [1.29, 1.82) is 0 Å². The van der Waals surface area contributed by atoms with Crippen molar-refractivity contribution in [2.24, 2.45) is 0 Å². The van der Waals surface area contributed by atoms with Crippen molar-refractivity contribution in [2.75, 3.05) is 5.75 Å². The molecule has 7 heteroatoms. The lowest BCUT2D eigenvalue weighted by Crippen LogP contribution is -2.23. The van der Waals surface area contributed by atoms with Crippen LogP contribution in [-0.4, -0.2) is 25.8 Å². The summed E-state index contributed by atoms with van der Waals surface area (Å²) in [7, 11) is 0. The summed E-state index contributed by atoms with van der Waals surface area (Å²) in [5, 5.41) is 6.28. The van der Waals surface area contributed by atoms with E-state index in [1.165, 1.54) is 0 Å². The van der Waals surface area contributed by atoms with Crippen LogP contribution in [0.3, 0.4) is 0 Å². The Morgan fingerprint density at radius 1 is 1.43 bits per heavy atom. The highest BCUT2D eigenvalue weighted by atomic mass is 35.5. The number of halogens is 2. The molecule has 1 saturated heterocycles. The fourth-order valence-corrected chi connectivity index (χ4v) is 6.91. The van der Waals surface area contributed by atoms with Crippen LogP contribution >= 0.6 is 46.7 Å². The van der Waals surface area contributed by atoms with Crippen LogP contribution in [0, 0.1) is 0 Å². The van der Waals surface area contributed by atoms with E-state index in [4.69, 9.17) is 23.2 Å². The van der Waals surface area contributed by atoms with Gasteiger partial charge in [0.15, 0.2) is 0 Å². The molecule has 1 aromatic carbocycles. The SMILES string of the molecule is CCC1CSC(Cn2cncn2)(c2ccc(Cl)cc2Cl)S1. The molecule has 0 radical (unpaired) electrons. The molecule has 21 heavy (non-hydrogen) atoms. The lowest BCUT2D eigenvalue weighted by atomic mass is 10.1. The Balaban J connectivity index is 1.99. The predicted molar refractivity (Wildman–Crippen MR) is 92.3 cm³/mol. The second-order valence-electron chi connectivity index (χ2n) is 4.93. The summed E-state index contributed by atoms with van der Waals surface area (Å²) >= 11 is 16.4. The molecule has 1 aromatic heterocycles. The van der Waals surface area contributed by atoms with Crippen LogP contribution in [0.25, 0.3) is 0 Å². The Morgan fingerprint density at radius 3 is 2.90 bits per heavy atom. The molecule has 3 nitrogen and oxygen atoms in total. The first-order valence-electron chi connectivity index (χ1n) is 6.72. The number of benzene rings is 1. The van der Waals surface area contributed by atoms with Gasteiger partial charge < -0.3 is 0 Å². The minimum Gasteiger partial charge on any atom is -0.250 e. The largest absolute Gasteiger partial charge is 0.250 e. The molecular weight excluding hydrogens is 345 g/mol. The zero-order valence-corrected chi connectivity index (χ0v) is 14.6. The minimum atomic E-state index is -0.129. The lowest BCUT2D eigenvalue weighted by molar-refractivity contribution is 0.581. The maximum absolute atomic E-state index is 6.47. The Labute approximate surface area is 142 Å². The Kier molecular flexibility index (Phi) is 4.74. The molecule has 0 N–H and O–H groups in total. The standard InChI is InChI=1S/C14H15Cl2N3S2/c1-2-11-6-20-14(21-11,7-19-9-17-8-18-19)12-4-3-10(15)5-13(12)16/h3-5,8-9,11H,2,6-7H2,1H3. The number of aromatic nitrogens is 3. The Hall–Kier alpha value is -0.360. The molecule has 3 rings (SSSR count). The zero-order valence-electron chi connectivity index (χ0n) is 11.5. The van der Waals surface area contributed by atoms with Crippen molar-refractivity contribution >= 4 is 46.7 Å². The normalized spacial score (nSPS) is 25.4. The van der Waals surface area contributed by atoms with Gasteiger partial charge in [0.25, 0.3) is 0 Å². The fourth-order valence-electron chi connectivity index (χ4n) is 2.40. The first-order chi connectivity index (χ1) is 10.1. The summed E-state index contributed by atoms with van der Waals surface area (Å²) in [6.45, 7) is 2.98. The molecule has 2 unspecified atom stereocenters. The third-order valence-electron chi connectivity index (χ3n) is 3.49. The van der Waals surface area contributed by atoms with Gasteiger partial charge in [0.2, 0.25) is 0 Å². The van der Waals surface area contributed by atoms with Gasteiger partial charge in [0.1, 0.15) is 16.7 Å². The van der Waals surface area contributed by atoms with Crippen molar-refractivity contribution in [2.45, 2.75) is 29.2 Å². The van der Waals surface area contributed by atoms with Gasteiger partial charge in [-0.1, -0.05) is 36.2 Å². The molecule has 0 aliphatic carbocycles. The van der Waals surface area contributed by atoms with E-state index < -0.39 is 0 Å². The topological polar surface area (TPSA) is 30.7 Å². The zero-order chi connectivity index (χ0) is 14.9. The summed E-state index contributed by atoms with van der Waals surface area (Å²) in [6, 6.07) is 5.77. The summed E-state index contributed by atoms with van der Waals surface area (Å²) in [4.78, 5) is 4.04. The molecule has 2 aromatic rings. The van der Waals surface area contributed by atoms with Crippen LogP contribution in [0.4, 0.5) is 0 Å². The number of nitrogens with zero attached hydrogens (tertiary/aromatic N) is 3. The van der Waals surface area contributed by atoms with Gasteiger partial charge in [-0.15, -0.1) is 23.5 Å². The molecular formula is C14H15Cl2N3S2. The van der Waals surface area contributed by atoms with E-state index >= 15 is 0 Å². The van der Waals surface area contributed by atoms with Crippen LogP contribution in [0.1, 0.15) is 18.9 Å². The summed E-state index contributed by atoms with van der Waals surface area (Å²) in [6.07, 6.45) is 4.48. The molecule has 1 fully saturated rings. The third-order valence-corrected chi connectivity index (χ3v) is 7.84. The van der Waals surface area contributed by atoms with Gasteiger partial charge in [0, 0.05) is 21.0 Å².